The average Bonchev–Trinajstić information content (AvgIpc) is 2.33. The van der Waals surface area contributed by atoms with Crippen molar-refractivity contribution in [3.8, 4) is 0 Å². The van der Waals surface area contributed by atoms with Gasteiger partial charge in [0, 0.05) is 6.54 Å². The van der Waals surface area contributed by atoms with Crippen LogP contribution in [-0.2, 0) is 9.59 Å². The van der Waals surface area contributed by atoms with Crippen molar-refractivity contribution >= 4 is 11.8 Å². The Balaban J connectivity index is 1.93. The van der Waals surface area contributed by atoms with E-state index in [0.29, 0.717) is 0 Å². The van der Waals surface area contributed by atoms with E-state index in [1.807, 2.05) is 6.92 Å². The number of hydrogen-bond donors (Lipinski definition) is 3. The van der Waals surface area contributed by atoms with Crippen molar-refractivity contribution in [1.29, 1.82) is 0 Å². The van der Waals surface area contributed by atoms with E-state index in [2.05, 4.69) is 16.0 Å². The summed E-state index contributed by atoms with van der Waals surface area (Å²) in [5.41, 5.74) is -0.504. The first-order chi connectivity index (χ1) is 8.12. The Kier molecular flexibility index (Phi) is 3.66. The van der Waals surface area contributed by atoms with Crippen LogP contribution in [0.5, 0.6) is 0 Å². The summed E-state index contributed by atoms with van der Waals surface area (Å²) in [6.07, 6.45) is 4.70. The van der Waals surface area contributed by atoms with Crippen LogP contribution in [0.25, 0.3) is 0 Å². The van der Waals surface area contributed by atoms with E-state index in [9.17, 15) is 9.59 Å². The van der Waals surface area contributed by atoms with Gasteiger partial charge in [-0.25, -0.2) is 0 Å². The van der Waals surface area contributed by atoms with Crippen LogP contribution in [0, 0.1) is 0 Å². The van der Waals surface area contributed by atoms with E-state index in [1.54, 1.807) is 0 Å². The third kappa shape index (κ3) is 2.77. The molecule has 0 bridgehead atoms. The number of piperidine rings is 2. The van der Waals surface area contributed by atoms with Crippen LogP contribution in [0.15, 0.2) is 0 Å². The Morgan fingerprint density at radius 2 is 2.18 bits per heavy atom. The van der Waals surface area contributed by atoms with Gasteiger partial charge in [0.15, 0.2) is 0 Å². The molecule has 2 fully saturated rings. The summed E-state index contributed by atoms with van der Waals surface area (Å²) in [5, 5.41) is 8.90. The van der Waals surface area contributed by atoms with Gasteiger partial charge in [0.05, 0.1) is 5.54 Å². The van der Waals surface area contributed by atoms with Crippen LogP contribution in [0.3, 0.4) is 0 Å². The lowest BCUT2D eigenvalue weighted by Gasteiger charge is -2.35. The summed E-state index contributed by atoms with van der Waals surface area (Å²) in [6.45, 7) is 3.52. The minimum Gasteiger partial charge on any atom is -0.354 e. The SMILES string of the molecule is CC1(C(=O)NC2CCCNC2=O)CCCCN1. The molecule has 5 nitrogen and oxygen atoms in total. The number of hydrogen-bond acceptors (Lipinski definition) is 3. The quantitative estimate of drug-likeness (QED) is 0.631. The van der Waals surface area contributed by atoms with E-state index in [4.69, 9.17) is 0 Å². The first-order valence-electron chi connectivity index (χ1n) is 6.45. The van der Waals surface area contributed by atoms with Crippen molar-refractivity contribution < 1.29 is 9.59 Å². The molecule has 96 valence electrons. The van der Waals surface area contributed by atoms with Crippen LogP contribution >= 0.6 is 0 Å². The maximum absolute atomic E-state index is 12.2. The molecule has 2 aliphatic heterocycles. The van der Waals surface area contributed by atoms with Crippen molar-refractivity contribution in [2.24, 2.45) is 0 Å². The summed E-state index contributed by atoms with van der Waals surface area (Å²) in [4.78, 5) is 23.8. The summed E-state index contributed by atoms with van der Waals surface area (Å²) in [6, 6.07) is -0.350. The monoisotopic (exact) mass is 239 g/mol. The molecule has 2 atom stereocenters. The normalized spacial score (nSPS) is 33.9. The molecule has 2 aliphatic rings. The zero-order chi connectivity index (χ0) is 12.3. The second-order valence-corrected chi connectivity index (χ2v) is 5.18. The van der Waals surface area contributed by atoms with Gasteiger partial charge in [-0.2, -0.15) is 0 Å². The highest BCUT2D eigenvalue weighted by Gasteiger charge is 2.36. The van der Waals surface area contributed by atoms with Crippen molar-refractivity contribution in [2.75, 3.05) is 13.1 Å². The largest absolute Gasteiger partial charge is 0.354 e. The number of rotatable bonds is 2. The lowest BCUT2D eigenvalue weighted by molar-refractivity contribution is -0.133. The fourth-order valence-electron chi connectivity index (χ4n) is 2.48. The highest BCUT2D eigenvalue weighted by molar-refractivity contribution is 5.92. The second-order valence-electron chi connectivity index (χ2n) is 5.18. The van der Waals surface area contributed by atoms with Gasteiger partial charge in [-0.1, -0.05) is 0 Å². The van der Waals surface area contributed by atoms with E-state index in [0.717, 1.165) is 45.2 Å². The maximum Gasteiger partial charge on any atom is 0.242 e. The molecular weight excluding hydrogens is 218 g/mol. The number of carbonyl (C=O) groups is 2. The van der Waals surface area contributed by atoms with Crippen molar-refractivity contribution in [3.05, 3.63) is 0 Å². The topological polar surface area (TPSA) is 70.2 Å². The molecule has 5 heteroatoms. The molecule has 0 radical (unpaired) electrons. The molecule has 0 saturated carbocycles. The molecule has 2 heterocycles. The predicted molar refractivity (Wildman–Crippen MR) is 64.4 cm³/mol. The van der Waals surface area contributed by atoms with Gasteiger partial charge < -0.3 is 16.0 Å². The van der Waals surface area contributed by atoms with Crippen LogP contribution in [0.1, 0.15) is 39.0 Å². The van der Waals surface area contributed by atoms with Crippen molar-refractivity contribution in [1.82, 2.24) is 16.0 Å². The number of amides is 2. The molecule has 2 saturated heterocycles. The van der Waals surface area contributed by atoms with Crippen LogP contribution in [0.2, 0.25) is 0 Å². The highest BCUT2D eigenvalue weighted by atomic mass is 16.2. The lowest BCUT2D eigenvalue weighted by atomic mass is 9.89. The second kappa shape index (κ2) is 5.04. The summed E-state index contributed by atoms with van der Waals surface area (Å²) < 4.78 is 0. The minimum atomic E-state index is -0.504. The smallest absolute Gasteiger partial charge is 0.242 e. The molecule has 2 amide bonds. The van der Waals surface area contributed by atoms with Crippen molar-refractivity contribution in [2.45, 2.75) is 50.6 Å². The summed E-state index contributed by atoms with van der Waals surface area (Å²) >= 11 is 0. The molecule has 2 rings (SSSR count). The zero-order valence-electron chi connectivity index (χ0n) is 10.3. The van der Waals surface area contributed by atoms with Gasteiger partial charge in [-0.3, -0.25) is 9.59 Å². The maximum atomic E-state index is 12.2. The molecule has 3 N–H and O–H groups in total. The van der Waals surface area contributed by atoms with Crippen LogP contribution < -0.4 is 16.0 Å². The van der Waals surface area contributed by atoms with E-state index >= 15 is 0 Å². The van der Waals surface area contributed by atoms with Gasteiger partial charge in [-0.05, 0) is 45.6 Å². The molecule has 2 unspecified atom stereocenters. The average molecular weight is 239 g/mol. The Morgan fingerprint density at radius 3 is 2.82 bits per heavy atom. The Bertz CT molecular complexity index is 311. The Labute approximate surface area is 102 Å². The standard InChI is InChI=1S/C12H21N3O2/c1-12(6-2-3-8-14-12)11(17)15-9-5-4-7-13-10(9)16/h9,14H,2-8H2,1H3,(H,13,16)(H,15,17). The zero-order valence-corrected chi connectivity index (χ0v) is 10.3. The van der Waals surface area contributed by atoms with E-state index in [1.165, 1.54) is 0 Å². The minimum absolute atomic E-state index is 0.0424. The van der Waals surface area contributed by atoms with Gasteiger partial charge in [0.1, 0.15) is 6.04 Å². The van der Waals surface area contributed by atoms with Crippen LogP contribution in [-0.4, -0.2) is 36.5 Å². The first kappa shape index (κ1) is 12.4. The molecule has 17 heavy (non-hydrogen) atoms. The van der Waals surface area contributed by atoms with Gasteiger partial charge in [0.25, 0.3) is 0 Å². The van der Waals surface area contributed by atoms with Gasteiger partial charge in [-0.15, -0.1) is 0 Å². The molecule has 0 aliphatic carbocycles. The Morgan fingerprint density at radius 1 is 1.35 bits per heavy atom. The fraction of sp³-hybridized carbons (Fsp3) is 0.833. The number of carbonyl (C=O) groups excluding carboxylic acids is 2. The highest BCUT2D eigenvalue weighted by Crippen LogP contribution is 2.19. The first-order valence-corrected chi connectivity index (χ1v) is 6.45. The summed E-state index contributed by atoms with van der Waals surface area (Å²) in [5.74, 6) is -0.0942. The lowest BCUT2D eigenvalue weighted by Crippen LogP contribution is -2.61. The van der Waals surface area contributed by atoms with Crippen LogP contribution in [0.4, 0.5) is 0 Å². The third-order valence-corrected chi connectivity index (χ3v) is 3.71. The molecule has 0 aromatic heterocycles. The van der Waals surface area contributed by atoms with E-state index in [-0.39, 0.29) is 17.9 Å². The number of nitrogens with one attached hydrogen (secondary N) is 3. The fourth-order valence-corrected chi connectivity index (χ4v) is 2.48. The molecule has 0 aromatic carbocycles. The van der Waals surface area contributed by atoms with Gasteiger partial charge in [0.2, 0.25) is 11.8 Å². The molecular formula is C12H21N3O2. The van der Waals surface area contributed by atoms with Gasteiger partial charge >= 0.3 is 0 Å². The van der Waals surface area contributed by atoms with Crippen molar-refractivity contribution in [3.63, 3.8) is 0 Å². The molecule has 0 aromatic rings. The summed E-state index contributed by atoms with van der Waals surface area (Å²) in [7, 11) is 0. The third-order valence-electron chi connectivity index (χ3n) is 3.71. The van der Waals surface area contributed by atoms with E-state index < -0.39 is 5.54 Å². The molecule has 0 spiro atoms. The Hall–Kier alpha value is -1.10. The predicted octanol–water partition coefficient (Wildman–Crippen LogP) is -0.0866.